The summed E-state index contributed by atoms with van der Waals surface area (Å²) in [6.45, 7) is 1.89. The summed E-state index contributed by atoms with van der Waals surface area (Å²) in [5.41, 5.74) is 5.24. The van der Waals surface area contributed by atoms with Crippen molar-refractivity contribution >= 4 is 11.8 Å². The first-order valence-corrected chi connectivity index (χ1v) is 4.09. The molecule has 0 aromatic rings. The van der Waals surface area contributed by atoms with E-state index in [2.05, 4.69) is 0 Å². The Bertz CT molecular complexity index is 181. The molecule has 0 unspecified atom stereocenters. The molecule has 0 aromatic carbocycles. The standard InChI is InChI=1S/C8H15NO4/c1-6(10)5-13-4-2-3-7(9)8(11)12/h7H,2-5,9H2,1H3,(H,11,12)/t7-/m0/s1. The maximum atomic E-state index is 10.4. The van der Waals surface area contributed by atoms with Gasteiger partial charge in [0.25, 0.3) is 0 Å². The highest BCUT2D eigenvalue weighted by Crippen LogP contribution is 1.95. The van der Waals surface area contributed by atoms with Crippen molar-refractivity contribution in [2.45, 2.75) is 25.8 Å². The van der Waals surface area contributed by atoms with Crippen molar-refractivity contribution in [3.63, 3.8) is 0 Å². The molecule has 0 saturated carbocycles. The quantitative estimate of drug-likeness (QED) is 0.540. The molecule has 3 N–H and O–H groups in total. The first-order chi connectivity index (χ1) is 6.04. The third kappa shape index (κ3) is 7.42. The molecule has 5 nitrogen and oxygen atoms in total. The van der Waals surface area contributed by atoms with E-state index in [1.54, 1.807) is 0 Å². The van der Waals surface area contributed by atoms with Crippen LogP contribution in [0.5, 0.6) is 0 Å². The predicted molar refractivity (Wildman–Crippen MR) is 46.3 cm³/mol. The van der Waals surface area contributed by atoms with Crippen molar-refractivity contribution in [2.75, 3.05) is 13.2 Å². The van der Waals surface area contributed by atoms with E-state index < -0.39 is 12.0 Å². The molecule has 0 aromatic heterocycles. The molecule has 0 heterocycles. The lowest BCUT2D eigenvalue weighted by Crippen LogP contribution is -2.30. The second kappa shape index (κ2) is 6.56. The fraction of sp³-hybridized carbons (Fsp3) is 0.750. The highest BCUT2D eigenvalue weighted by atomic mass is 16.5. The largest absolute Gasteiger partial charge is 0.480 e. The number of carbonyl (C=O) groups excluding carboxylic acids is 1. The molecule has 0 amide bonds. The zero-order valence-electron chi connectivity index (χ0n) is 7.66. The van der Waals surface area contributed by atoms with Crippen LogP contribution in [0.3, 0.4) is 0 Å². The van der Waals surface area contributed by atoms with Gasteiger partial charge in [-0.25, -0.2) is 0 Å². The van der Waals surface area contributed by atoms with Crippen molar-refractivity contribution < 1.29 is 19.4 Å². The summed E-state index contributed by atoms with van der Waals surface area (Å²) in [5, 5.41) is 8.41. The van der Waals surface area contributed by atoms with E-state index in [1.165, 1.54) is 6.92 Å². The van der Waals surface area contributed by atoms with Gasteiger partial charge >= 0.3 is 5.97 Å². The fourth-order valence-corrected chi connectivity index (χ4v) is 0.745. The summed E-state index contributed by atoms with van der Waals surface area (Å²) >= 11 is 0. The van der Waals surface area contributed by atoms with Crippen LogP contribution in [0.1, 0.15) is 19.8 Å². The van der Waals surface area contributed by atoms with Gasteiger partial charge in [0.2, 0.25) is 0 Å². The molecule has 0 spiro atoms. The van der Waals surface area contributed by atoms with Crippen LogP contribution in [-0.2, 0) is 14.3 Å². The monoisotopic (exact) mass is 189 g/mol. The SMILES string of the molecule is CC(=O)COCCC[C@H](N)C(=O)O. The van der Waals surface area contributed by atoms with Crippen LogP contribution >= 0.6 is 0 Å². The molecule has 0 saturated heterocycles. The summed E-state index contributed by atoms with van der Waals surface area (Å²) in [4.78, 5) is 20.7. The van der Waals surface area contributed by atoms with E-state index in [4.69, 9.17) is 15.6 Å². The van der Waals surface area contributed by atoms with Crippen molar-refractivity contribution in [3.05, 3.63) is 0 Å². The Morgan fingerprint density at radius 2 is 2.15 bits per heavy atom. The first kappa shape index (κ1) is 12.1. The Balaban J connectivity index is 3.26. The predicted octanol–water partition coefficient (Wildman–Crippen LogP) is -0.216. The van der Waals surface area contributed by atoms with Crippen LogP contribution in [0.4, 0.5) is 0 Å². The van der Waals surface area contributed by atoms with Gasteiger partial charge in [-0.3, -0.25) is 9.59 Å². The number of ketones is 1. The lowest BCUT2D eigenvalue weighted by Gasteiger charge is -2.05. The number of nitrogens with two attached hydrogens (primary N) is 1. The van der Waals surface area contributed by atoms with Crippen molar-refractivity contribution in [3.8, 4) is 0 Å². The zero-order valence-corrected chi connectivity index (χ0v) is 7.66. The summed E-state index contributed by atoms with van der Waals surface area (Å²) in [6.07, 6.45) is 0.925. The molecule has 0 aliphatic heterocycles. The maximum absolute atomic E-state index is 10.4. The third-order valence-corrected chi connectivity index (χ3v) is 1.43. The number of carboxylic acid groups (broad SMARTS) is 1. The minimum absolute atomic E-state index is 0.0393. The van der Waals surface area contributed by atoms with Gasteiger partial charge in [-0.1, -0.05) is 0 Å². The van der Waals surface area contributed by atoms with Crippen LogP contribution in [0.25, 0.3) is 0 Å². The van der Waals surface area contributed by atoms with E-state index in [1.807, 2.05) is 0 Å². The Labute approximate surface area is 76.9 Å². The number of ether oxygens (including phenoxy) is 1. The molecule has 0 aliphatic rings. The minimum atomic E-state index is -1.01. The lowest BCUT2D eigenvalue weighted by molar-refractivity contribution is -0.138. The summed E-state index contributed by atoms with van der Waals surface area (Å²) in [7, 11) is 0. The number of hydrogen-bond acceptors (Lipinski definition) is 4. The molecule has 0 aliphatic carbocycles. The van der Waals surface area contributed by atoms with Crippen LogP contribution < -0.4 is 5.73 Å². The number of Topliss-reactive ketones (excluding diaryl/α,β-unsaturated/α-hetero) is 1. The Morgan fingerprint density at radius 3 is 2.62 bits per heavy atom. The first-order valence-electron chi connectivity index (χ1n) is 4.09. The second-order valence-corrected chi connectivity index (χ2v) is 2.84. The molecule has 0 rings (SSSR count). The van der Waals surface area contributed by atoms with Crippen LogP contribution in [0, 0.1) is 0 Å². The van der Waals surface area contributed by atoms with Gasteiger partial charge < -0.3 is 15.6 Å². The Morgan fingerprint density at radius 1 is 1.54 bits per heavy atom. The van der Waals surface area contributed by atoms with Crippen molar-refractivity contribution in [1.29, 1.82) is 0 Å². The normalized spacial score (nSPS) is 12.5. The molecule has 76 valence electrons. The molecule has 5 heteroatoms. The van der Waals surface area contributed by atoms with E-state index >= 15 is 0 Å². The van der Waals surface area contributed by atoms with E-state index in [0.717, 1.165) is 0 Å². The van der Waals surface area contributed by atoms with Crippen molar-refractivity contribution in [2.24, 2.45) is 5.73 Å². The van der Waals surface area contributed by atoms with Gasteiger partial charge in [0.1, 0.15) is 12.6 Å². The van der Waals surface area contributed by atoms with Crippen molar-refractivity contribution in [1.82, 2.24) is 0 Å². The van der Waals surface area contributed by atoms with E-state index in [-0.39, 0.29) is 12.4 Å². The fourth-order valence-electron chi connectivity index (χ4n) is 0.745. The topological polar surface area (TPSA) is 89.6 Å². The molecule has 0 fully saturated rings. The second-order valence-electron chi connectivity index (χ2n) is 2.84. The van der Waals surface area contributed by atoms with Crippen LogP contribution in [-0.4, -0.2) is 36.1 Å². The average Bonchev–Trinajstić information content (AvgIpc) is 2.02. The third-order valence-electron chi connectivity index (χ3n) is 1.43. The summed E-state index contributed by atoms with van der Waals surface area (Å²) in [5.74, 6) is -1.05. The lowest BCUT2D eigenvalue weighted by atomic mass is 10.2. The number of rotatable bonds is 7. The Kier molecular flexibility index (Phi) is 6.09. The highest BCUT2D eigenvalue weighted by molar-refractivity contribution is 5.76. The zero-order chi connectivity index (χ0) is 10.3. The van der Waals surface area contributed by atoms with E-state index in [0.29, 0.717) is 19.4 Å². The summed E-state index contributed by atoms with van der Waals surface area (Å²) in [6, 6.07) is -0.832. The summed E-state index contributed by atoms with van der Waals surface area (Å²) < 4.78 is 4.93. The number of hydrogen-bond donors (Lipinski definition) is 2. The van der Waals surface area contributed by atoms with Gasteiger partial charge in [-0.05, 0) is 19.8 Å². The molecule has 1 atom stereocenters. The van der Waals surface area contributed by atoms with Gasteiger partial charge in [-0.15, -0.1) is 0 Å². The minimum Gasteiger partial charge on any atom is -0.480 e. The van der Waals surface area contributed by atoms with Gasteiger partial charge in [0.05, 0.1) is 0 Å². The molecule has 0 radical (unpaired) electrons. The molecular formula is C8H15NO4. The van der Waals surface area contributed by atoms with Gasteiger partial charge in [-0.2, -0.15) is 0 Å². The number of carbonyl (C=O) groups is 2. The maximum Gasteiger partial charge on any atom is 0.320 e. The number of carboxylic acids is 1. The average molecular weight is 189 g/mol. The number of aliphatic carboxylic acids is 1. The highest BCUT2D eigenvalue weighted by Gasteiger charge is 2.09. The Hall–Kier alpha value is -0.940. The van der Waals surface area contributed by atoms with Crippen LogP contribution in [0.15, 0.2) is 0 Å². The van der Waals surface area contributed by atoms with Gasteiger partial charge in [0, 0.05) is 6.61 Å². The van der Waals surface area contributed by atoms with Gasteiger partial charge in [0.15, 0.2) is 5.78 Å². The van der Waals surface area contributed by atoms with Crippen LogP contribution in [0.2, 0.25) is 0 Å². The van der Waals surface area contributed by atoms with E-state index in [9.17, 15) is 9.59 Å². The smallest absolute Gasteiger partial charge is 0.320 e. The molecule has 13 heavy (non-hydrogen) atoms. The molecule has 0 bridgehead atoms. The molecular weight excluding hydrogens is 174 g/mol.